The predicted molar refractivity (Wildman–Crippen MR) is 55.0 cm³/mol. The highest BCUT2D eigenvalue weighted by molar-refractivity contribution is 5.89. The summed E-state index contributed by atoms with van der Waals surface area (Å²) in [6, 6.07) is 1.85. The smallest absolute Gasteiger partial charge is 0.185 e. The van der Waals surface area contributed by atoms with Gasteiger partial charge in [-0.15, -0.1) is 0 Å². The third kappa shape index (κ3) is 1.48. The normalized spacial score (nSPS) is 10.9. The Morgan fingerprint density at radius 1 is 0.941 bits per heavy atom. The molecular formula is C11H7F4NO. The molecule has 0 atom stereocenters. The topological polar surface area (TPSA) is 32.3 Å². The molecule has 90 valence electrons. The fraction of sp³-hybridized carbons (Fsp3) is 0.0909. The molecule has 2 rings (SSSR count). The number of aromatic hydroxyl groups is 1. The molecule has 2 nitrogen and oxygen atoms in total. The zero-order valence-corrected chi connectivity index (χ0v) is 8.61. The second-order valence-electron chi connectivity index (χ2n) is 3.39. The molecule has 0 aromatic heterocycles. The van der Waals surface area contributed by atoms with Gasteiger partial charge in [-0.25, -0.2) is 17.6 Å². The van der Waals surface area contributed by atoms with Gasteiger partial charge in [-0.05, 0) is 12.1 Å². The van der Waals surface area contributed by atoms with Crippen LogP contribution in [0, 0.1) is 23.3 Å². The number of phenols is 1. The molecule has 0 radical (unpaired) electrons. The Morgan fingerprint density at radius 2 is 1.59 bits per heavy atom. The Morgan fingerprint density at radius 3 is 2.18 bits per heavy atom. The first-order valence-corrected chi connectivity index (χ1v) is 4.64. The number of hydrogen-bond donors (Lipinski definition) is 2. The van der Waals surface area contributed by atoms with Gasteiger partial charge in [-0.2, -0.15) is 0 Å². The van der Waals surface area contributed by atoms with E-state index in [9.17, 15) is 17.6 Å². The summed E-state index contributed by atoms with van der Waals surface area (Å²) in [4.78, 5) is 0. The van der Waals surface area contributed by atoms with E-state index >= 15 is 0 Å². The van der Waals surface area contributed by atoms with Gasteiger partial charge < -0.3 is 10.4 Å². The van der Waals surface area contributed by atoms with Crippen molar-refractivity contribution in [2.75, 3.05) is 12.4 Å². The molecule has 2 aromatic carbocycles. The van der Waals surface area contributed by atoms with Crippen LogP contribution in [-0.2, 0) is 0 Å². The third-order valence-corrected chi connectivity index (χ3v) is 2.46. The van der Waals surface area contributed by atoms with Crippen molar-refractivity contribution in [3.63, 3.8) is 0 Å². The predicted octanol–water partition coefficient (Wildman–Crippen LogP) is 3.14. The lowest BCUT2D eigenvalue weighted by molar-refractivity contribution is 0.433. The fourth-order valence-corrected chi connectivity index (χ4v) is 1.63. The molecule has 0 aliphatic carbocycles. The average molecular weight is 245 g/mol. The zero-order chi connectivity index (χ0) is 12.7. The SMILES string of the molecule is CNc1c(F)c(F)c2c(F)c(O)ccc2c1F. The van der Waals surface area contributed by atoms with Crippen molar-refractivity contribution in [3.8, 4) is 5.75 Å². The van der Waals surface area contributed by atoms with Crippen molar-refractivity contribution in [2.24, 2.45) is 0 Å². The van der Waals surface area contributed by atoms with E-state index < -0.39 is 45.5 Å². The number of hydrogen-bond acceptors (Lipinski definition) is 2. The number of nitrogens with one attached hydrogen (secondary N) is 1. The molecule has 0 aliphatic heterocycles. The number of fused-ring (bicyclic) bond motifs is 1. The lowest BCUT2D eigenvalue weighted by Crippen LogP contribution is -2.02. The standard InChI is InChI=1S/C11H7F4NO/c1-16-11-7(12)4-2-3-5(17)8(13)6(4)9(14)10(11)15/h2-3,16-17H,1H3. The van der Waals surface area contributed by atoms with E-state index in [0.717, 1.165) is 12.1 Å². The van der Waals surface area contributed by atoms with Gasteiger partial charge in [0.2, 0.25) is 0 Å². The van der Waals surface area contributed by atoms with Crippen molar-refractivity contribution in [3.05, 3.63) is 35.4 Å². The second-order valence-corrected chi connectivity index (χ2v) is 3.39. The second kappa shape index (κ2) is 3.80. The number of benzene rings is 2. The van der Waals surface area contributed by atoms with Crippen LogP contribution in [0.1, 0.15) is 0 Å². The molecule has 2 N–H and O–H groups in total. The number of rotatable bonds is 1. The van der Waals surface area contributed by atoms with Crippen LogP contribution in [0.4, 0.5) is 23.2 Å². The van der Waals surface area contributed by atoms with Crippen LogP contribution in [0.25, 0.3) is 10.8 Å². The number of phenolic OH excluding ortho intramolecular Hbond substituents is 1. The first kappa shape index (κ1) is 11.5. The summed E-state index contributed by atoms with van der Waals surface area (Å²) in [6.45, 7) is 0. The minimum Gasteiger partial charge on any atom is -0.505 e. The van der Waals surface area contributed by atoms with Crippen molar-refractivity contribution in [1.29, 1.82) is 0 Å². The molecular weight excluding hydrogens is 238 g/mol. The van der Waals surface area contributed by atoms with Crippen LogP contribution < -0.4 is 5.32 Å². The van der Waals surface area contributed by atoms with Crippen molar-refractivity contribution >= 4 is 16.5 Å². The molecule has 0 saturated carbocycles. The molecule has 0 heterocycles. The quantitative estimate of drug-likeness (QED) is 0.597. The van der Waals surface area contributed by atoms with Gasteiger partial charge in [0.1, 0.15) is 5.69 Å². The lowest BCUT2D eigenvalue weighted by atomic mass is 10.1. The van der Waals surface area contributed by atoms with Crippen molar-refractivity contribution < 1.29 is 22.7 Å². The average Bonchev–Trinajstić information content (AvgIpc) is 2.30. The molecule has 0 aliphatic rings. The fourth-order valence-electron chi connectivity index (χ4n) is 1.63. The molecule has 0 saturated heterocycles. The molecule has 0 bridgehead atoms. The van der Waals surface area contributed by atoms with E-state index in [4.69, 9.17) is 5.11 Å². The molecule has 0 amide bonds. The van der Waals surface area contributed by atoms with Crippen molar-refractivity contribution in [1.82, 2.24) is 0 Å². The van der Waals surface area contributed by atoms with Gasteiger partial charge in [0.15, 0.2) is 29.0 Å². The van der Waals surface area contributed by atoms with E-state index in [1.165, 1.54) is 7.05 Å². The summed E-state index contributed by atoms with van der Waals surface area (Å²) in [7, 11) is 1.21. The maximum absolute atomic E-state index is 13.7. The van der Waals surface area contributed by atoms with Gasteiger partial charge in [-0.3, -0.25) is 0 Å². The summed E-state index contributed by atoms with van der Waals surface area (Å²) < 4.78 is 54.0. The van der Waals surface area contributed by atoms with Gasteiger partial charge in [0, 0.05) is 12.4 Å². The summed E-state index contributed by atoms with van der Waals surface area (Å²) in [5.41, 5.74) is -0.680. The number of anilines is 1. The van der Waals surface area contributed by atoms with E-state index in [-0.39, 0.29) is 0 Å². The van der Waals surface area contributed by atoms with Crippen LogP contribution >= 0.6 is 0 Å². The molecule has 0 unspecified atom stereocenters. The highest BCUT2D eigenvalue weighted by Gasteiger charge is 2.23. The van der Waals surface area contributed by atoms with Crippen LogP contribution in [0.2, 0.25) is 0 Å². The van der Waals surface area contributed by atoms with Gasteiger partial charge >= 0.3 is 0 Å². The van der Waals surface area contributed by atoms with Crippen molar-refractivity contribution in [2.45, 2.75) is 0 Å². The molecule has 0 fully saturated rings. The van der Waals surface area contributed by atoms with E-state index in [2.05, 4.69) is 5.32 Å². The van der Waals surface area contributed by atoms with Crippen LogP contribution in [-0.4, -0.2) is 12.2 Å². The Labute approximate surface area is 93.5 Å². The Hall–Kier alpha value is -1.98. The lowest BCUT2D eigenvalue weighted by Gasteiger charge is -2.10. The summed E-state index contributed by atoms with van der Waals surface area (Å²) in [6.07, 6.45) is 0. The monoisotopic (exact) mass is 245 g/mol. The Bertz CT molecular complexity index is 612. The van der Waals surface area contributed by atoms with E-state index in [1.807, 2.05) is 0 Å². The third-order valence-electron chi connectivity index (χ3n) is 2.46. The van der Waals surface area contributed by atoms with E-state index in [1.54, 1.807) is 0 Å². The summed E-state index contributed by atoms with van der Waals surface area (Å²) in [5.74, 6) is -6.44. The Balaban J connectivity index is 3.04. The molecule has 6 heteroatoms. The largest absolute Gasteiger partial charge is 0.505 e. The molecule has 17 heavy (non-hydrogen) atoms. The maximum Gasteiger partial charge on any atom is 0.185 e. The first-order valence-electron chi connectivity index (χ1n) is 4.64. The summed E-state index contributed by atoms with van der Waals surface area (Å²) >= 11 is 0. The molecule has 0 spiro atoms. The van der Waals surface area contributed by atoms with Crippen LogP contribution in [0.5, 0.6) is 5.75 Å². The first-order chi connectivity index (χ1) is 7.99. The number of halogens is 4. The highest BCUT2D eigenvalue weighted by atomic mass is 19.2. The van der Waals surface area contributed by atoms with E-state index in [0.29, 0.717) is 0 Å². The van der Waals surface area contributed by atoms with Gasteiger partial charge in [-0.1, -0.05) is 0 Å². The van der Waals surface area contributed by atoms with Gasteiger partial charge in [0.05, 0.1) is 5.39 Å². The minimum atomic E-state index is -1.54. The highest BCUT2D eigenvalue weighted by Crippen LogP contribution is 2.35. The minimum absolute atomic E-state index is 0.441. The van der Waals surface area contributed by atoms with Crippen LogP contribution in [0.15, 0.2) is 12.1 Å². The zero-order valence-electron chi connectivity index (χ0n) is 8.61. The summed E-state index contributed by atoms with van der Waals surface area (Å²) in [5, 5.41) is 9.86. The maximum atomic E-state index is 13.7. The Kier molecular flexibility index (Phi) is 2.57. The molecule has 2 aromatic rings. The van der Waals surface area contributed by atoms with Crippen LogP contribution in [0.3, 0.4) is 0 Å². The van der Waals surface area contributed by atoms with Gasteiger partial charge in [0.25, 0.3) is 0 Å².